The molecule has 0 aliphatic heterocycles. The van der Waals surface area contributed by atoms with E-state index in [1.807, 2.05) is 0 Å². The molecule has 0 aromatic heterocycles. The van der Waals surface area contributed by atoms with Crippen LogP contribution in [0.5, 0.6) is 0 Å². The van der Waals surface area contributed by atoms with Crippen molar-refractivity contribution in [3.63, 3.8) is 0 Å². The summed E-state index contributed by atoms with van der Waals surface area (Å²) in [5, 5.41) is 0. The number of hydrogen-bond acceptors (Lipinski definition) is 1. The van der Waals surface area contributed by atoms with E-state index in [1.165, 1.54) is 51.4 Å². The Hall–Kier alpha value is -0.330. The lowest BCUT2D eigenvalue weighted by Crippen LogP contribution is -1.97. The van der Waals surface area contributed by atoms with Gasteiger partial charge in [-0.3, -0.25) is 4.79 Å². The second-order valence-electron chi connectivity index (χ2n) is 4.57. The molecule has 1 nitrogen and oxygen atoms in total. The number of Topliss-reactive ketones (excluding diaryl/α,β-unsaturated/α-hetero) is 1. The van der Waals surface area contributed by atoms with Gasteiger partial charge in [-0.15, -0.1) is 0 Å². The molecule has 0 saturated heterocycles. The van der Waals surface area contributed by atoms with Gasteiger partial charge in [0.05, 0.1) is 0 Å². The van der Waals surface area contributed by atoms with E-state index in [0.717, 1.165) is 25.7 Å². The van der Waals surface area contributed by atoms with Gasteiger partial charge in [-0.05, 0) is 12.8 Å². The molecule has 1 saturated carbocycles. The Bertz CT molecular complexity index is 135. The van der Waals surface area contributed by atoms with Crippen molar-refractivity contribution >= 4 is 5.78 Å². The zero-order chi connectivity index (χ0) is 10.1. The Morgan fingerprint density at radius 2 is 0.786 bits per heavy atom. The smallest absolute Gasteiger partial charge is 0.132 e. The fourth-order valence-electron chi connectivity index (χ4n) is 2.18. The molecular formula is C13H24O. The van der Waals surface area contributed by atoms with Crippen molar-refractivity contribution in [2.24, 2.45) is 0 Å². The molecule has 0 heterocycles. The molecule has 0 radical (unpaired) electrons. The fraction of sp³-hybridized carbons (Fsp3) is 0.923. The van der Waals surface area contributed by atoms with Crippen molar-refractivity contribution < 1.29 is 4.79 Å². The summed E-state index contributed by atoms with van der Waals surface area (Å²) < 4.78 is 0. The minimum Gasteiger partial charge on any atom is -0.300 e. The molecule has 0 N–H and O–H groups in total. The van der Waals surface area contributed by atoms with E-state index in [1.54, 1.807) is 0 Å². The van der Waals surface area contributed by atoms with Crippen LogP contribution in [0.2, 0.25) is 0 Å². The maximum atomic E-state index is 11.4. The third kappa shape index (κ3) is 6.17. The summed E-state index contributed by atoms with van der Waals surface area (Å²) >= 11 is 0. The lowest BCUT2D eigenvalue weighted by molar-refractivity contribution is -0.119. The van der Waals surface area contributed by atoms with E-state index >= 15 is 0 Å². The van der Waals surface area contributed by atoms with Crippen LogP contribution < -0.4 is 0 Å². The van der Waals surface area contributed by atoms with Gasteiger partial charge in [0.25, 0.3) is 0 Å². The SMILES string of the molecule is O=C1CCCCCCCCCCCC1. The van der Waals surface area contributed by atoms with Crippen LogP contribution in [0.3, 0.4) is 0 Å². The Morgan fingerprint density at radius 3 is 1.14 bits per heavy atom. The molecule has 1 fully saturated rings. The van der Waals surface area contributed by atoms with Crippen LogP contribution in [-0.2, 0) is 4.79 Å². The van der Waals surface area contributed by atoms with Crippen molar-refractivity contribution in [2.75, 3.05) is 0 Å². The molecule has 0 aromatic carbocycles. The van der Waals surface area contributed by atoms with Gasteiger partial charge in [0, 0.05) is 12.8 Å². The number of ketones is 1. The molecule has 1 aliphatic rings. The molecule has 0 spiro atoms. The molecule has 1 heteroatoms. The maximum Gasteiger partial charge on any atom is 0.132 e. The highest BCUT2D eigenvalue weighted by molar-refractivity contribution is 5.78. The van der Waals surface area contributed by atoms with Gasteiger partial charge in [-0.1, -0.05) is 51.4 Å². The zero-order valence-electron chi connectivity index (χ0n) is 9.39. The third-order valence-corrected chi connectivity index (χ3v) is 3.16. The average molecular weight is 196 g/mol. The largest absolute Gasteiger partial charge is 0.300 e. The lowest BCUT2D eigenvalue weighted by Gasteiger charge is -1.99. The number of carbonyl (C=O) groups is 1. The van der Waals surface area contributed by atoms with Gasteiger partial charge >= 0.3 is 0 Å². The predicted molar refractivity (Wildman–Crippen MR) is 60.4 cm³/mol. The monoisotopic (exact) mass is 196 g/mol. The highest BCUT2D eigenvalue weighted by Crippen LogP contribution is 2.14. The molecule has 14 heavy (non-hydrogen) atoms. The van der Waals surface area contributed by atoms with Crippen molar-refractivity contribution in [1.29, 1.82) is 0 Å². The first-order valence-corrected chi connectivity index (χ1v) is 6.41. The topological polar surface area (TPSA) is 17.1 Å². The summed E-state index contributed by atoms with van der Waals surface area (Å²) in [4.78, 5) is 11.4. The second kappa shape index (κ2) is 8.02. The third-order valence-electron chi connectivity index (χ3n) is 3.16. The standard InChI is InChI=1S/C13H24O/c14-13-11-9-7-5-3-1-2-4-6-8-10-12-13/h1-12H2. The van der Waals surface area contributed by atoms with Crippen molar-refractivity contribution in [1.82, 2.24) is 0 Å². The average Bonchev–Trinajstić information content (AvgIpc) is 2.20. The summed E-state index contributed by atoms with van der Waals surface area (Å²) in [7, 11) is 0. The normalized spacial score (nSPS) is 23.3. The molecule has 0 unspecified atom stereocenters. The number of rotatable bonds is 0. The molecule has 1 rings (SSSR count). The molecule has 0 amide bonds. The van der Waals surface area contributed by atoms with Crippen molar-refractivity contribution in [3.05, 3.63) is 0 Å². The van der Waals surface area contributed by atoms with Crippen LogP contribution in [0.15, 0.2) is 0 Å². The van der Waals surface area contributed by atoms with E-state index in [9.17, 15) is 4.79 Å². The minimum atomic E-state index is 0.504. The van der Waals surface area contributed by atoms with Crippen LogP contribution >= 0.6 is 0 Å². The quantitative estimate of drug-likeness (QED) is 0.566. The first kappa shape index (κ1) is 11.7. The van der Waals surface area contributed by atoms with Crippen LogP contribution in [-0.4, -0.2) is 5.78 Å². The second-order valence-corrected chi connectivity index (χ2v) is 4.57. The Balaban J connectivity index is 2.15. The number of carbonyl (C=O) groups excluding carboxylic acids is 1. The Kier molecular flexibility index (Phi) is 6.73. The highest BCUT2D eigenvalue weighted by Gasteiger charge is 2.02. The van der Waals surface area contributed by atoms with Crippen molar-refractivity contribution in [2.45, 2.75) is 77.0 Å². The van der Waals surface area contributed by atoms with E-state index in [0.29, 0.717) is 5.78 Å². The molecule has 82 valence electrons. The number of hydrogen-bond donors (Lipinski definition) is 0. The molecule has 0 atom stereocenters. The van der Waals surface area contributed by atoms with Gasteiger partial charge in [-0.2, -0.15) is 0 Å². The lowest BCUT2D eigenvalue weighted by atomic mass is 10.1. The van der Waals surface area contributed by atoms with Gasteiger partial charge in [0.15, 0.2) is 0 Å². The molecule has 0 aromatic rings. The highest BCUT2D eigenvalue weighted by atomic mass is 16.1. The van der Waals surface area contributed by atoms with Crippen LogP contribution in [0.1, 0.15) is 77.0 Å². The first-order chi connectivity index (χ1) is 6.89. The Labute approximate surface area is 88.3 Å². The maximum absolute atomic E-state index is 11.4. The van der Waals surface area contributed by atoms with Crippen molar-refractivity contribution in [3.8, 4) is 0 Å². The van der Waals surface area contributed by atoms with Crippen LogP contribution in [0, 0.1) is 0 Å². The first-order valence-electron chi connectivity index (χ1n) is 6.41. The molecule has 0 bridgehead atoms. The summed E-state index contributed by atoms with van der Waals surface area (Å²) in [5.74, 6) is 0.504. The van der Waals surface area contributed by atoms with Crippen LogP contribution in [0.4, 0.5) is 0 Å². The van der Waals surface area contributed by atoms with E-state index in [4.69, 9.17) is 0 Å². The Morgan fingerprint density at radius 1 is 0.500 bits per heavy atom. The van der Waals surface area contributed by atoms with Gasteiger partial charge in [0.2, 0.25) is 0 Å². The van der Waals surface area contributed by atoms with E-state index in [2.05, 4.69) is 0 Å². The summed E-state index contributed by atoms with van der Waals surface area (Å²) in [6, 6.07) is 0. The zero-order valence-corrected chi connectivity index (χ0v) is 9.39. The van der Waals surface area contributed by atoms with Gasteiger partial charge in [-0.25, -0.2) is 0 Å². The summed E-state index contributed by atoms with van der Waals surface area (Å²) in [6.07, 6.45) is 14.8. The molecule has 1 aliphatic carbocycles. The fourth-order valence-corrected chi connectivity index (χ4v) is 2.18. The van der Waals surface area contributed by atoms with Crippen LogP contribution in [0.25, 0.3) is 0 Å². The van der Waals surface area contributed by atoms with E-state index in [-0.39, 0.29) is 0 Å². The minimum absolute atomic E-state index is 0.504. The van der Waals surface area contributed by atoms with E-state index < -0.39 is 0 Å². The molecular weight excluding hydrogens is 172 g/mol. The van der Waals surface area contributed by atoms with Gasteiger partial charge in [0.1, 0.15) is 5.78 Å². The predicted octanol–water partition coefficient (Wildman–Crippen LogP) is 4.25. The summed E-state index contributed by atoms with van der Waals surface area (Å²) in [6.45, 7) is 0. The summed E-state index contributed by atoms with van der Waals surface area (Å²) in [5.41, 5.74) is 0. The van der Waals surface area contributed by atoms with Gasteiger partial charge < -0.3 is 0 Å².